The number of hydrogen-bond donors (Lipinski definition) is 2. The normalized spacial score (nSPS) is 13.7. The first kappa shape index (κ1) is 15.2. The molecule has 2 rings (SSSR count). The van der Waals surface area contributed by atoms with Crippen LogP contribution in [0, 0.1) is 17.1 Å². The number of thiocarbonyl (C=S) groups is 1. The molecule has 21 heavy (non-hydrogen) atoms. The lowest BCUT2D eigenvalue weighted by Crippen LogP contribution is -2.35. The van der Waals surface area contributed by atoms with Crippen molar-refractivity contribution in [1.82, 2.24) is 10.6 Å². The summed E-state index contributed by atoms with van der Waals surface area (Å²) in [6.45, 7) is 0.666. The highest BCUT2D eigenvalue weighted by Crippen LogP contribution is 2.14. The van der Waals surface area contributed by atoms with Crippen LogP contribution < -0.4 is 10.6 Å². The third-order valence-corrected chi connectivity index (χ3v) is 3.37. The molecule has 0 fully saturated rings. The summed E-state index contributed by atoms with van der Waals surface area (Å²) in [5.41, 5.74) is 2.67. The second-order valence-electron chi connectivity index (χ2n) is 4.74. The largest absolute Gasteiger partial charge is 0.362 e. The molecule has 1 aromatic carbocycles. The van der Waals surface area contributed by atoms with Gasteiger partial charge in [-0.05, 0) is 55.3 Å². The van der Waals surface area contributed by atoms with Crippen molar-refractivity contribution in [3.05, 3.63) is 59.1 Å². The SMILES string of the molecule is N#CC1=CC(NC(=S)NCCc2ccc(F)cc2)=CCC1. The van der Waals surface area contributed by atoms with Crippen molar-refractivity contribution in [3.8, 4) is 6.07 Å². The Balaban J connectivity index is 1.75. The maximum Gasteiger partial charge on any atom is 0.170 e. The maximum atomic E-state index is 12.8. The molecule has 5 heteroatoms. The first-order chi connectivity index (χ1) is 10.2. The molecular formula is C16H16FN3S. The molecule has 1 aliphatic carbocycles. The zero-order valence-corrected chi connectivity index (χ0v) is 12.3. The van der Waals surface area contributed by atoms with E-state index in [4.69, 9.17) is 17.5 Å². The van der Waals surface area contributed by atoms with E-state index in [9.17, 15) is 4.39 Å². The predicted octanol–water partition coefficient (Wildman–Crippen LogP) is 2.96. The Morgan fingerprint density at radius 1 is 1.33 bits per heavy atom. The molecule has 1 aliphatic rings. The topological polar surface area (TPSA) is 47.9 Å². The summed E-state index contributed by atoms with van der Waals surface area (Å²) in [5.74, 6) is -0.229. The fourth-order valence-corrected chi connectivity index (χ4v) is 2.24. The number of nitriles is 1. The van der Waals surface area contributed by atoms with Crippen molar-refractivity contribution in [2.24, 2.45) is 0 Å². The van der Waals surface area contributed by atoms with Gasteiger partial charge in [-0.3, -0.25) is 0 Å². The van der Waals surface area contributed by atoms with Gasteiger partial charge in [-0.2, -0.15) is 5.26 Å². The Kier molecular flexibility index (Phi) is 5.47. The van der Waals surface area contributed by atoms with Crippen molar-refractivity contribution in [3.63, 3.8) is 0 Å². The molecule has 3 nitrogen and oxygen atoms in total. The van der Waals surface area contributed by atoms with E-state index in [0.717, 1.165) is 36.1 Å². The Bertz CT molecular complexity index is 611. The van der Waals surface area contributed by atoms with E-state index in [0.29, 0.717) is 11.7 Å². The molecule has 0 spiro atoms. The molecule has 0 aromatic heterocycles. The Morgan fingerprint density at radius 3 is 2.81 bits per heavy atom. The third kappa shape index (κ3) is 5.01. The maximum absolute atomic E-state index is 12.8. The number of hydrogen-bond acceptors (Lipinski definition) is 2. The van der Waals surface area contributed by atoms with Gasteiger partial charge in [-0.15, -0.1) is 0 Å². The van der Waals surface area contributed by atoms with Crippen molar-refractivity contribution in [2.75, 3.05) is 6.54 Å². The van der Waals surface area contributed by atoms with E-state index in [-0.39, 0.29) is 5.82 Å². The van der Waals surface area contributed by atoms with Crippen LogP contribution in [-0.4, -0.2) is 11.7 Å². The molecule has 0 heterocycles. The van der Waals surface area contributed by atoms with Gasteiger partial charge in [0.05, 0.1) is 6.07 Å². The third-order valence-electron chi connectivity index (χ3n) is 3.12. The van der Waals surface area contributed by atoms with Gasteiger partial charge in [0.25, 0.3) is 0 Å². The molecule has 0 bridgehead atoms. The van der Waals surface area contributed by atoms with Crippen LogP contribution in [0.3, 0.4) is 0 Å². The molecule has 0 saturated heterocycles. The fraction of sp³-hybridized carbons (Fsp3) is 0.250. The standard InChI is InChI=1S/C16H16FN3S/c17-14-6-4-12(5-7-14)8-9-19-16(21)20-15-3-1-2-13(10-15)11-18/h3-7,10H,1-2,8-9H2,(H2,19,20,21). The van der Waals surface area contributed by atoms with Crippen LogP contribution in [-0.2, 0) is 6.42 Å². The molecule has 108 valence electrons. The number of benzene rings is 1. The first-order valence-electron chi connectivity index (χ1n) is 6.77. The molecule has 2 N–H and O–H groups in total. The second kappa shape index (κ2) is 7.55. The molecule has 0 amide bonds. The van der Waals surface area contributed by atoms with Crippen LogP contribution in [0.15, 0.2) is 47.7 Å². The Morgan fingerprint density at radius 2 is 2.10 bits per heavy atom. The highest BCUT2D eigenvalue weighted by Gasteiger charge is 2.06. The predicted molar refractivity (Wildman–Crippen MR) is 84.9 cm³/mol. The summed E-state index contributed by atoms with van der Waals surface area (Å²) in [6.07, 6.45) is 6.24. The van der Waals surface area contributed by atoms with Crippen LogP contribution in [0.5, 0.6) is 0 Å². The number of nitrogens with zero attached hydrogens (tertiary/aromatic N) is 1. The molecule has 0 aliphatic heterocycles. The minimum absolute atomic E-state index is 0.229. The molecule has 0 radical (unpaired) electrons. The summed E-state index contributed by atoms with van der Waals surface area (Å²) in [7, 11) is 0. The Labute approximate surface area is 129 Å². The number of allylic oxidation sites excluding steroid dienone is 3. The van der Waals surface area contributed by atoms with Gasteiger partial charge in [0, 0.05) is 17.8 Å². The molecule has 1 aromatic rings. The lowest BCUT2D eigenvalue weighted by atomic mass is 10.0. The molecule has 0 atom stereocenters. The van der Waals surface area contributed by atoms with Gasteiger partial charge >= 0.3 is 0 Å². The van der Waals surface area contributed by atoms with Crippen LogP contribution in [0.1, 0.15) is 18.4 Å². The van der Waals surface area contributed by atoms with Gasteiger partial charge in [0.1, 0.15) is 5.82 Å². The van der Waals surface area contributed by atoms with E-state index in [2.05, 4.69) is 16.7 Å². The minimum Gasteiger partial charge on any atom is -0.362 e. The lowest BCUT2D eigenvalue weighted by Gasteiger charge is -2.14. The first-order valence-corrected chi connectivity index (χ1v) is 7.18. The highest BCUT2D eigenvalue weighted by molar-refractivity contribution is 7.80. The minimum atomic E-state index is -0.229. The van der Waals surface area contributed by atoms with E-state index >= 15 is 0 Å². The van der Waals surface area contributed by atoms with Crippen LogP contribution in [0.4, 0.5) is 4.39 Å². The van der Waals surface area contributed by atoms with E-state index in [1.165, 1.54) is 12.1 Å². The van der Waals surface area contributed by atoms with Gasteiger partial charge < -0.3 is 10.6 Å². The van der Waals surface area contributed by atoms with E-state index in [1.54, 1.807) is 12.1 Å². The van der Waals surface area contributed by atoms with Crippen molar-refractivity contribution in [1.29, 1.82) is 5.26 Å². The average molecular weight is 301 g/mol. The summed E-state index contributed by atoms with van der Waals surface area (Å²) in [6, 6.07) is 8.59. The second-order valence-corrected chi connectivity index (χ2v) is 5.15. The fourth-order valence-electron chi connectivity index (χ4n) is 2.02. The highest BCUT2D eigenvalue weighted by atomic mass is 32.1. The van der Waals surface area contributed by atoms with Crippen LogP contribution in [0.2, 0.25) is 0 Å². The summed E-state index contributed by atoms with van der Waals surface area (Å²) in [5, 5.41) is 15.6. The smallest absolute Gasteiger partial charge is 0.170 e. The molecule has 0 unspecified atom stereocenters. The quantitative estimate of drug-likeness (QED) is 0.840. The average Bonchev–Trinajstić information content (AvgIpc) is 2.49. The van der Waals surface area contributed by atoms with Gasteiger partial charge in [0.2, 0.25) is 0 Å². The monoisotopic (exact) mass is 301 g/mol. The van der Waals surface area contributed by atoms with Crippen LogP contribution in [0.25, 0.3) is 0 Å². The summed E-state index contributed by atoms with van der Waals surface area (Å²) in [4.78, 5) is 0. The number of halogens is 1. The van der Waals surface area contributed by atoms with Crippen molar-refractivity contribution < 1.29 is 4.39 Å². The molecular weight excluding hydrogens is 285 g/mol. The van der Waals surface area contributed by atoms with E-state index in [1.807, 2.05) is 12.2 Å². The molecule has 0 saturated carbocycles. The van der Waals surface area contributed by atoms with Gasteiger partial charge in [-0.1, -0.05) is 18.2 Å². The van der Waals surface area contributed by atoms with Crippen molar-refractivity contribution in [2.45, 2.75) is 19.3 Å². The van der Waals surface area contributed by atoms with Crippen molar-refractivity contribution >= 4 is 17.3 Å². The van der Waals surface area contributed by atoms with Crippen LogP contribution >= 0.6 is 12.2 Å². The summed E-state index contributed by atoms with van der Waals surface area (Å²) >= 11 is 5.21. The lowest BCUT2D eigenvalue weighted by molar-refractivity contribution is 0.627. The van der Waals surface area contributed by atoms with E-state index < -0.39 is 0 Å². The number of nitrogens with one attached hydrogen (secondary N) is 2. The summed E-state index contributed by atoms with van der Waals surface area (Å²) < 4.78 is 12.8. The zero-order valence-electron chi connectivity index (χ0n) is 11.5. The number of rotatable bonds is 4. The zero-order chi connectivity index (χ0) is 15.1. The Hall–Kier alpha value is -2.19. The van der Waals surface area contributed by atoms with Gasteiger partial charge in [0.15, 0.2) is 5.11 Å². The van der Waals surface area contributed by atoms with Gasteiger partial charge in [-0.25, -0.2) is 4.39 Å².